The lowest BCUT2D eigenvalue weighted by molar-refractivity contribution is 0.0224. The molecular formula is C30H32N2O4. The fourth-order valence-electron chi connectivity index (χ4n) is 5.23. The molecule has 0 N–H and O–H groups in total. The third-order valence-corrected chi connectivity index (χ3v) is 7.03. The molecule has 2 heterocycles. The summed E-state index contributed by atoms with van der Waals surface area (Å²) in [5.74, 6) is 1.02. The maximum absolute atomic E-state index is 13.1. The van der Waals surface area contributed by atoms with E-state index in [0.29, 0.717) is 30.3 Å². The fraction of sp³-hybridized carbons (Fsp3) is 0.300. The number of benzene rings is 3. The summed E-state index contributed by atoms with van der Waals surface area (Å²) in [4.78, 5) is 17.4. The molecule has 3 aromatic carbocycles. The van der Waals surface area contributed by atoms with Crippen molar-refractivity contribution in [2.24, 2.45) is 0 Å². The Labute approximate surface area is 212 Å². The molecule has 6 nitrogen and oxygen atoms in total. The lowest BCUT2D eigenvalue weighted by Gasteiger charge is -2.37. The lowest BCUT2D eigenvalue weighted by atomic mass is 9.77. The van der Waals surface area contributed by atoms with E-state index in [-0.39, 0.29) is 5.97 Å². The molecule has 2 aliphatic heterocycles. The molecule has 186 valence electrons. The van der Waals surface area contributed by atoms with Gasteiger partial charge in [-0.3, -0.25) is 0 Å². The molecule has 3 aromatic rings. The summed E-state index contributed by atoms with van der Waals surface area (Å²) in [6.07, 6.45) is 1.80. The molecule has 1 spiro atoms. The van der Waals surface area contributed by atoms with Crippen LogP contribution in [0.4, 0.5) is 11.4 Å². The molecule has 1 unspecified atom stereocenters. The van der Waals surface area contributed by atoms with E-state index in [9.17, 15) is 4.79 Å². The first kappa shape index (κ1) is 23.9. The van der Waals surface area contributed by atoms with Crippen molar-refractivity contribution in [2.45, 2.75) is 26.4 Å². The fourth-order valence-corrected chi connectivity index (χ4v) is 5.23. The molecule has 1 atom stereocenters. The van der Waals surface area contributed by atoms with E-state index in [1.807, 2.05) is 66.4 Å². The summed E-state index contributed by atoms with van der Waals surface area (Å²) in [7, 11) is 0. The Bertz CT molecular complexity index is 1300. The Kier molecular flexibility index (Phi) is 6.46. The Morgan fingerprint density at radius 2 is 1.61 bits per heavy atom. The number of hydrogen-bond donors (Lipinski definition) is 0. The maximum atomic E-state index is 13.1. The van der Waals surface area contributed by atoms with Crippen molar-refractivity contribution < 1.29 is 19.0 Å². The minimum Gasteiger partial charge on any atom is -0.456 e. The van der Waals surface area contributed by atoms with Crippen molar-refractivity contribution in [1.82, 2.24) is 0 Å². The normalized spacial score (nSPS) is 17.0. The third-order valence-electron chi connectivity index (χ3n) is 7.03. The number of carbonyl (C=O) groups excluding carboxylic acids is 1. The van der Waals surface area contributed by atoms with Gasteiger partial charge in [0.15, 0.2) is 5.60 Å². The first-order valence-electron chi connectivity index (χ1n) is 12.6. The number of hydrogen-bond acceptors (Lipinski definition) is 6. The van der Waals surface area contributed by atoms with Crippen molar-refractivity contribution in [1.29, 1.82) is 0 Å². The molecule has 0 bridgehead atoms. The van der Waals surface area contributed by atoms with Crippen LogP contribution < -0.4 is 14.5 Å². The first-order chi connectivity index (χ1) is 17.6. The van der Waals surface area contributed by atoms with Crippen LogP contribution in [0.2, 0.25) is 0 Å². The van der Waals surface area contributed by atoms with Crippen LogP contribution in [0.3, 0.4) is 0 Å². The number of anilines is 2. The van der Waals surface area contributed by atoms with Crippen LogP contribution in [0.15, 0.2) is 73.4 Å². The van der Waals surface area contributed by atoms with Gasteiger partial charge in [0.2, 0.25) is 0 Å². The van der Waals surface area contributed by atoms with Crippen LogP contribution in [0, 0.1) is 0 Å². The van der Waals surface area contributed by atoms with Gasteiger partial charge in [-0.2, -0.15) is 0 Å². The number of nitrogens with zero attached hydrogens (tertiary/aromatic N) is 2. The van der Waals surface area contributed by atoms with E-state index in [4.69, 9.17) is 14.2 Å². The lowest BCUT2D eigenvalue weighted by Crippen LogP contribution is -2.33. The number of esters is 1. The molecule has 2 aliphatic rings. The van der Waals surface area contributed by atoms with Crippen molar-refractivity contribution >= 4 is 17.3 Å². The van der Waals surface area contributed by atoms with E-state index in [2.05, 4.69) is 31.4 Å². The van der Waals surface area contributed by atoms with Gasteiger partial charge in [-0.15, -0.1) is 0 Å². The van der Waals surface area contributed by atoms with Crippen molar-refractivity contribution in [3.05, 3.63) is 95.7 Å². The zero-order valence-electron chi connectivity index (χ0n) is 21.1. The van der Waals surface area contributed by atoms with Crippen LogP contribution in [-0.4, -0.2) is 38.8 Å². The van der Waals surface area contributed by atoms with E-state index in [0.717, 1.165) is 47.7 Å². The third kappa shape index (κ3) is 3.73. The molecule has 0 aromatic heterocycles. The van der Waals surface area contributed by atoms with Gasteiger partial charge < -0.3 is 24.0 Å². The SMILES string of the molecule is C=CN(CC)c1ccc2c(c1)Oc1cc(N(CC)CCOCC)ccc1C21OC(=O)c2ccccc21. The van der Waals surface area contributed by atoms with E-state index in [1.165, 1.54) is 0 Å². The highest BCUT2D eigenvalue weighted by molar-refractivity contribution is 5.97. The van der Waals surface area contributed by atoms with Crippen LogP contribution in [-0.2, 0) is 15.1 Å². The monoisotopic (exact) mass is 484 g/mol. The van der Waals surface area contributed by atoms with Gasteiger partial charge in [-0.25, -0.2) is 4.79 Å². The zero-order valence-corrected chi connectivity index (χ0v) is 21.1. The van der Waals surface area contributed by atoms with Crippen LogP contribution in [0.5, 0.6) is 11.5 Å². The molecule has 0 fully saturated rings. The second-order valence-electron chi connectivity index (χ2n) is 8.82. The van der Waals surface area contributed by atoms with Crippen LogP contribution >= 0.6 is 0 Å². The number of ether oxygens (including phenoxy) is 3. The van der Waals surface area contributed by atoms with Gasteiger partial charge in [-0.1, -0.05) is 24.8 Å². The molecule has 36 heavy (non-hydrogen) atoms. The van der Waals surface area contributed by atoms with Gasteiger partial charge in [0.25, 0.3) is 0 Å². The second-order valence-corrected chi connectivity index (χ2v) is 8.82. The summed E-state index contributed by atoms with van der Waals surface area (Å²) < 4.78 is 18.4. The van der Waals surface area contributed by atoms with Gasteiger partial charge >= 0.3 is 5.97 Å². The quantitative estimate of drug-likeness (QED) is 0.271. The van der Waals surface area contributed by atoms with Crippen LogP contribution in [0.25, 0.3) is 0 Å². The predicted molar refractivity (Wildman–Crippen MR) is 142 cm³/mol. The molecule has 0 amide bonds. The Hall–Kier alpha value is -3.77. The largest absolute Gasteiger partial charge is 0.456 e. The first-order valence-corrected chi connectivity index (χ1v) is 12.6. The van der Waals surface area contributed by atoms with E-state index in [1.54, 1.807) is 6.20 Å². The van der Waals surface area contributed by atoms with Gasteiger partial charge in [0.1, 0.15) is 11.5 Å². The molecule has 6 heteroatoms. The average molecular weight is 485 g/mol. The standard InChI is InChI=1S/C30H32N2O4/c1-5-31(6-2)21-13-15-25-27(19-21)35-28-20-22(32(7-3)17-18-34-8-4)14-16-26(28)30(25)24-12-10-9-11-23(24)29(33)36-30/h5,9-16,19-20H,1,6-8,17-18H2,2-4H3. The molecular weight excluding hydrogens is 452 g/mol. The molecule has 0 radical (unpaired) electrons. The summed E-state index contributed by atoms with van der Waals surface area (Å²) >= 11 is 0. The molecule has 0 saturated carbocycles. The highest BCUT2D eigenvalue weighted by Crippen LogP contribution is 2.57. The molecule has 0 aliphatic carbocycles. The van der Waals surface area contributed by atoms with Crippen molar-refractivity contribution in [3.63, 3.8) is 0 Å². The predicted octanol–water partition coefficient (Wildman–Crippen LogP) is 6.09. The highest BCUT2D eigenvalue weighted by atomic mass is 16.6. The smallest absolute Gasteiger partial charge is 0.340 e. The average Bonchev–Trinajstić information content (AvgIpc) is 3.20. The maximum Gasteiger partial charge on any atom is 0.340 e. The molecule has 5 rings (SSSR count). The summed E-state index contributed by atoms with van der Waals surface area (Å²) in [5, 5.41) is 0. The van der Waals surface area contributed by atoms with Crippen molar-refractivity contribution in [2.75, 3.05) is 42.6 Å². The topological polar surface area (TPSA) is 51.2 Å². The summed E-state index contributed by atoms with van der Waals surface area (Å²) in [5.41, 5.74) is 3.98. The summed E-state index contributed by atoms with van der Waals surface area (Å²) in [6.45, 7) is 13.9. The minimum atomic E-state index is -1.07. The molecule has 0 saturated heterocycles. The number of fused-ring (bicyclic) bond motifs is 6. The Morgan fingerprint density at radius 3 is 2.28 bits per heavy atom. The second kappa shape index (κ2) is 9.70. The number of likely N-dealkylation sites (N-methyl/N-ethyl adjacent to an activating group) is 1. The number of carbonyl (C=O) groups is 1. The van der Waals surface area contributed by atoms with Crippen molar-refractivity contribution in [3.8, 4) is 11.5 Å². The Morgan fingerprint density at radius 1 is 0.917 bits per heavy atom. The zero-order chi connectivity index (χ0) is 25.3. The Balaban J connectivity index is 1.68. The van der Waals surface area contributed by atoms with E-state index < -0.39 is 5.60 Å². The summed E-state index contributed by atoms with van der Waals surface area (Å²) in [6, 6.07) is 19.8. The van der Waals surface area contributed by atoms with Crippen LogP contribution in [0.1, 0.15) is 47.8 Å². The highest BCUT2D eigenvalue weighted by Gasteiger charge is 2.53. The van der Waals surface area contributed by atoms with E-state index >= 15 is 0 Å². The minimum absolute atomic E-state index is 0.328. The number of rotatable bonds is 9. The van der Waals surface area contributed by atoms with Gasteiger partial charge in [-0.05, 0) is 57.3 Å². The van der Waals surface area contributed by atoms with Gasteiger partial charge in [0, 0.05) is 66.4 Å². The van der Waals surface area contributed by atoms with Gasteiger partial charge in [0.05, 0.1) is 12.2 Å².